The van der Waals surface area contributed by atoms with E-state index in [9.17, 15) is 14.4 Å². The minimum atomic E-state index is -0.587. The van der Waals surface area contributed by atoms with Gasteiger partial charge in [-0.2, -0.15) is 5.10 Å². The summed E-state index contributed by atoms with van der Waals surface area (Å²) in [7, 11) is 0. The second-order valence-corrected chi connectivity index (χ2v) is 8.35. The van der Waals surface area contributed by atoms with Gasteiger partial charge in [0.15, 0.2) is 5.65 Å². The number of benzene rings is 2. The lowest BCUT2D eigenvalue weighted by Crippen LogP contribution is -2.37. The molecule has 1 N–H and O–H groups in total. The lowest BCUT2D eigenvalue weighted by molar-refractivity contribution is -0.123. The van der Waals surface area contributed by atoms with Crippen molar-refractivity contribution in [1.29, 1.82) is 0 Å². The molecule has 1 fully saturated rings. The summed E-state index contributed by atoms with van der Waals surface area (Å²) in [5, 5.41) is 5.01. The Morgan fingerprint density at radius 1 is 1.12 bits per heavy atom. The van der Waals surface area contributed by atoms with E-state index in [4.69, 9.17) is 11.6 Å². The number of amides is 2. The first-order valence-corrected chi connectivity index (χ1v) is 10.7. The van der Waals surface area contributed by atoms with Crippen LogP contribution in [0.25, 0.3) is 16.7 Å². The zero-order valence-electron chi connectivity index (χ0n) is 17.6. The molecule has 2 aromatic carbocycles. The van der Waals surface area contributed by atoms with E-state index in [-0.39, 0.29) is 24.3 Å². The number of halogens is 1. The SMILES string of the molecule is Cc1ccc(N2CC(C(=O)Nn3cnc4c(cnn4-c4cccc(Cl)c4)c3=O)CC2=O)cc1. The maximum atomic E-state index is 12.9. The number of rotatable bonds is 4. The third kappa shape index (κ3) is 3.87. The summed E-state index contributed by atoms with van der Waals surface area (Å²) < 4.78 is 2.53. The highest BCUT2D eigenvalue weighted by molar-refractivity contribution is 6.30. The number of aromatic nitrogens is 4. The minimum absolute atomic E-state index is 0.0663. The van der Waals surface area contributed by atoms with Crippen molar-refractivity contribution in [3.63, 3.8) is 0 Å². The maximum absolute atomic E-state index is 12.9. The van der Waals surface area contributed by atoms with Crippen LogP contribution >= 0.6 is 11.6 Å². The van der Waals surface area contributed by atoms with E-state index >= 15 is 0 Å². The molecule has 166 valence electrons. The van der Waals surface area contributed by atoms with Crippen molar-refractivity contribution in [2.45, 2.75) is 13.3 Å². The molecule has 10 heteroatoms. The molecule has 9 nitrogen and oxygen atoms in total. The van der Waals surface area contributed by atoms with E-state index in [1.807, 2.05) is 31.2 Å². The molecule has 33 heavy (non-hydrogen) atoms. The Hall–Kier alpha value is -3.98. The van der Waals surface area contributed by atoms with Crippen molar-refractivity contribution in [3.05, 3.63) is 82.0 Å². The maximum Gasteiger partial charge on any atom is 0.283 e. The van der Waals surface area contributed by atoms with Gasteiger partial charge >= 0.3 is 0 Å². The second kappa shape index (κ2) is 8.18. The number of carbonyl (C=O) groups is 2. The minimum Gasteiger partial charge on any atom is -0.312 e. The van der Waals surface area contributed by atoms with Crippen LogP contribution in [0, 0.1) is 12.8 Å². The van der Waals surface area contributed by atoms with Crippen molar-refractivity contribution < 1.29 is 9.59 Å². The van der Waals surface area contributed by atoms with Crippen molar-refractivity contribution in [2.24, 2.45) is 5.92 Å². The molecule has 5 rings (SSSR count). The highest BCUT2D eigenvalue weighted by atomic mass is 35.5. The first kappa shape index (κ1) is 20.9. The van der Waals surface area contributed by atoms with Gasteiger partial charge in [-0.05, 0) is 37.3 Å². The molecule has 0 saturated carbocycles. The molecule has 3 heterocycles. The Bertz CT molecular complexity index is 1440. The summed E-state index contributed by atoms with van der Waals surface area (Å²) >= 11 is 6.05. The number of nitrogens with zero attached hydrogens (tertiary/aromatic N) is 5. The monoisotopic (exact) mass is 462 g/mol. The predicted molar refractivity (Wildman–Crippen MR) is 124 cm³/mol. The van der Waals surface area contributed by atoms with Crippen LogP contribution in [0.15, 0.2) is 65.8 Å². The highest BCUT2D eigenvalue weighted by Crippen LogP contribution is 2.25. The number of hydrogen-bond acceptors (Lipinski definition) is 5. The van der Waals surface area contributed by atoms with E-state index < -0.39 is 17.4 Å². The van der Waals surface area contributed by atoms with E-state index in [0.717, 1.165) is 15.9 Å². The van der Waals surface area contributed by atoms with Crippen molar-refractivity contribution >= 4 is 40.1 Å². The predicted octanol–water partition coefficient (Wildman–Crippen LogP) is 2.67. The topological polar surface area (TPSA) is 102 Å². The van der Waals surface area contributed by atoms with Gasteiger partial charge in [-0.25, -0.2) is 14.3 Å². The fourth-order valence-corrected chi connectivity index (χ4v) is 4.04. The van der Waals surface area contributed by atoms with Gasteiger partial charge in [0.1, 0.15) is 11.7 Å². The van der Waals surface area contributed by atoms with Gasteiger partial charge in [-0.15, -0.1) is 0 Å². The van der Waals surface area contributed by atoms with Gasteiger partial charge in [-0.1, -0.05) is 35.4 Å². The molecule has 1 aliphatic rings. The number of nitrogens with one attached hydrogen (secondary N) is 1. The molecular weight excluding hydrogens is 444 g/mol. The first-order valence-electron chi connectivity index (χ1n) is 10.3. The normalized spacial score (nSPS) is 15.9. The van der Waals surface area contributed by atoms with Crippen LogP contribution in [0.1, 0.15) is 12.0 Å². The molecule has 0 bridgehead atoms. The van der Waals surface area contributed by atoms with Crippen molar-refractivity contribution in [1.82, 2.24) is 19.4 Å². The number of carbonyl (C=O) groups excluding carboxylic acids is 2. The molecule has 0 aliphatic carbocycles. The summed E-state index contributed by atoms with van der Waals surface area (Å²) in [5.41, 5.74) is 4.93. The van der Waals surface area contributed by atoms with Gasteiger partial charge in [0.05, 0.1) is 17.8 Å². The molecule has 0 spiro atoms. The number of fused-ring (bicyclic) bond motifs is 1. The average molecular weight is 463 g/mol. The quantitative estimate of drug-likeness (QED) is 0.502. The van der Waals surface area contributed by atoms with E-state index in [2.05, 4.69) is 15.5 Å². The zero-order chi connectivity index (χ0) is 23.1. The van der Waals surface area contributed by atoms with Gasteiger partial charge in [-0.3, -0.25) is 19.8 Å². The van der Waals surface area contributed by atoms with Gasteiger partial charge in [0.2, 0.25) is 11.8 Å². The highest BCUT2D eigenvalue weighted by Gasteiger charge is 2.35. The molecule has 1 unspecified atom stereocenters. The van der Waals surface area contributed by atoms with Gasteiger partial charge in [0, 0.05) is 23.7 Å². The van der Waals surface area contributed by atoms with E-state index in [1.165, 1.54) is 17.2 Å². The number of aryl methyl sites for hydroxylation is 1. The second-order valence-electron chi connectivity index (χ2n) is 7.91. The fourth-order valence-electron chi connectivity index (χ4n) is 3.86. The third-order valence-electron chi connectivity index (χ3n) is 5.61. The lowest BCUT2D eigenvalue weighted by Gasteiger charge is -2.17. The number of anilines is 1. The largest absolute Gasteiger partial charge is 0.312 e. The van der Waals surface area contributed by atoms with E-state index in [1.54, 1.807) is 29.2 Å². The van der Waals surface area contributed by atoms with Crippen molar-refractivity contribution in [2.75, 3.05) is 16.9 Å². The standard InChI is InChI=1S/C23H19ClN6O3/c1-14-5-7-17(8-6-14)28-12-15(9-20(28)31)22(32)27-29-13-25-21-19(23(29)33)11-26-30(21)18-4-2-3-16(24)10-18/h2-8,10-11,13,15H,9,12H2,1H3,(H,27,32). The Morgan fingerprint density at radius 3 is 2.67 bits per heavy atom. The summed E-state index contributed by atoms with van der Waals surface area (Å²) in [4.78, 5) is 44.1. The summed E-state index contributed by atoms with van der Waals surface area (Å²) in [6.45, 7) is 2.21. The molecule has 2 aromatic heterocycles. The Labute approximate surface area is 193 Å². The third-order valence-corrected chi connectivity index (χ3v) is 5.85. The van der Waals surface area contributed by atoms with Crippen LogP contribution in [0.4, 0.5) is 5.69 Å². The van der Waals surface area contributed by atoms with Crippen LogP contribution < -0.4 is 15.9 Å². The Balaban J connectivity index is 1.37. The molecular formula is C23H19ClN6O3. The van der Waals surface area contributed by atoms with Gasteiger partial charge < -0.3 is 4.90 Å². The Kier molecular flexibility index (Phi) is 5.18. The fraction of sp³-hybridized carbons (Fsp3) is 0.174. The Morgan fingerprint density at radius 2 is 1.91 bits per heavy atom. The molecule has 0 radical (unpaired) electrons. The van der Waals surface area contributed by atoms with Gasteiger partial charge in [0.25, 0.3) is 5.56 Å². The molecule has 1 atom stereocenters. The lowest BCUT2D eigenvalue weighted by atomic mass is 10.1. The molecule has 1 saturated heterocycles. The van der Waals surface area contributed by atoms with Crippen LogP contribution in [-0.4, -0.2) is 37.8 Å². The summed E-state index contributed by atoms with van der Waals surface area (Å²) in [5.74, 6) is -1.15. The molecule has 2 amide bonds. The molecule has 1 aliphatic heterocycles. The summed E-state index contributed by atoms with van der Waals surface area (Å²) in [6.07, 6.45) is 2.70. The average Bonchev–Trinajstić information content (AvgIpc) is 3.40. The number of hydrogen-bond donors (Lipinski definition) is 1. The van der Waals surface area contributed by atoms with Crippen LogP contribution in [-0.2, 0) is 9.59 Å². The summed E-state index contributed by atoms with van der Waals surface area (Å²) in [6, 6.07) is 14.6. The van der Waals surface area contributed by atoms with E-state index in [0.29, 0.717) is 16.4 Å². The van der Waals surface area contributed by atoms with Crippen molar-refractivity contribution in [3.8, 4) is 5.69 Å². The smallest absolute Gasteiger partial charge is 0.283 e. The van der Waals surface area contributed by atoms with Crippen LogP contribution in [0.5, 0.6) is 0 Å². The first-order chi connectivity index (χ1) is 15.9. The zero-order valence-corrected chi connectivity index (χ0v) is 18.4. The van der Waals surface area contributed by atoms with Crippen LogP contribution in [0.3, 0.4) is 0 Å². The van der Waals surface area contributed by atoms with Crippen LogP contribution in [0.2, 0.25) is 5.02 Å². The molecule has 4 aromatic rings.